The highest BCUT2D eigenvalue weighted by Crippen LogP contribution is 2.26. The van der Waals surface area contributed by atoms with Gasteiger partial charge in [-0.15, -0.1) is 0 Å². The third-order valence-electron chi connectivity index (χ3n) is 3.81. The number of benzene rings is 1. The normalized spacial score (nSPS) is 18.7. The Hall–Kier alpha value is -2.04. The SMILES string of the molecule is CN=C(NCCC(=O)OC)N1CCC(c2ccccc2)C1. The van der Waals surface area contributed by atoms with Crippen LogP contribution in [0.4, 0.5) is 0 Å². The lowest BCUT2D eigenvalue weighted by atomic mass is 9.99. The summed E-state index contributed by atoms with van der Waals surface area (Å²) >= 11 is 0. The molecule has 1 saturated heterocycles. The minimum atomic E-state index is -0.207. The van der Waals surface area contributed by atoms with Crippen molar-refractivity contribution in [3.05, 3.63) is 35.9 Å². The molecule has 0 bridgehead atoms. The van der Waals surface area contributed by atoms with Gasteiger partial charge in [-0.25, -0.2) is 0 Å². The van der Waals surface area contributed by atoms with E-state index in [9.17, 15) is 4.79 Å². The van der Waals surface area contributed by atoms with Gasteiger partial charge in [-0.2, -0.15) is 0 Å². The summed E-state index contributed by atoms with van der Waals surface area (Å²) in [7, 11) is 3.18. The van der Waals surface area contributed by atoms with E-state index in [4.69, 9.17) is 0 Å². The van der Waals surface area contributed by atoms with Gasteiger partial charge in [-0.05, 0) is 12.0 Å². The molecule has 5 nitrogen and oxygen atoms in total. The van der Waals surface area contributed by atoms with Gasteiger partial charge in [0.05, 0.1) is 13.5 Å². The number of likely N-dealkylation sites (tertiary alicyclic amines) is 1. The second-order valence-corrected chi connectivity index (χ2v) is 5.14. The standard InChI is InChI=1S/C16H23N3O2/c1-17-16(18-10-8-15(20)21-2)19-11-9-14(12-19)13-6-4-3-5-7-13/h3-7,14H,8-12H2,1-2H3,(H,17,18). The van der Waals surface area contributed by atoms with E-state index in [-0.39, 0.29) is 5.97 Å². The molecule has 0 saturated carbocycles. The third-order valence-corrected chi connectivity index (χ3v) is 3.81. The minimum Gasteiger partial charge on any atom is -0.469 e. The van der Waals surface area contributed by atoms with Crippen molar-refractivity contribution in [1.82, 2.24) is 10.2 Å². The number of esters is 1. The molecule has 1 atom stereocenters. The Morgan fingerprint density at radius 3 is 2.86 bits per heavy atom. The number of ether oxygens (including phenoxy) is 1. The number of aliphatic imine (C=N–C) groups is 1. The van der Waals surface area contributed by atoms with Gasteiger partial charge in [0.15, 0.2) is 5.96 Å². The zero-order chi connectivity index (χ0) is 15.1. The van der Waals surface area contributed by atoms with E-state index in [1.54, 1.807) is 7.05 Å². The van der Waals surface area contributed by atoms with Gasteiger partial charge in [-0.3, -0.25) is 9.79 Å². The van der Waals surface area contributed by atoms with Crippen LogP contribution in [0.1, 0.15) is 24.3 Å². The number of methoxy groups -OCH3 is 1. The summed E-state index contributed by atoms with van der Waals surface area (Å²) in [4.78, 5) is 17.7. The fourth-order valence-electron chi connectivity index (χ4n) is 2.66. The van der Waals surface area contributed by atoms with E-state index in [2.05, 4.69) is 44.2 Å². The summed E-state index contributed by atoms with van der Waals surface area (Å²) in [6.45, 7) is 2.49. The van der Waals surface area contributed by atoms with Crippen LogP contribution in [0.3, 0.4) is 0 Å². The summed E-state index contributed by atoms with van der Waals surface area (Å²) in [5, 5.41) is 3.22. The molecule has 1 aromatic carbocycles. The Morgan fingerprint density at radius 1 is 1.43 bits per heavy atom. The third kappa shape index (κ3) is 4.21. The first-order valence-electron chi connectivity index (χ1n) is 7.32. The van der Waals surface area contributed by atoms with Gasteiger partial charge >= 0.3 is 5.97 Å². The lowest BCUT2D eigenvalue weighted by Crippen LogP contribution is -2.40. The topological polar surface area (TPSA) is 53.9 Å². The van der Waals surface area contributed by atoms with Crippen LogP contribution in [0.5, 0.6) is 0 Å². The first kappa shape index (κ1) is 15.4. The highest BCUT2D eigenvalue weighted by molar-refractivity contribution is 5.81. The van der Waals surface area contributed by atoms with Crippen molar-refractivity contribution in [3.63, 3.8) is 0 Å². The van der Waals surface area contributed by atoms with Crippen LogP contribution in [0.2, 0.25) is 0 Å². The van der Waals surface area contributed by atoms with E-state index in [1.807, 2.05) is 6.07 Å². The molecule has 0 amide bonds. The Kier molecular flexibility index (Phi) is 5.60. The van der Waals surface area contributed by atoms with E-state index < -0.39 is 0 Å². The molecule has 1 aliphatic heterocycles. The van der Waals surface area contributed by atoms with Crippen LogP contribution in [0.15, 0.2) is 35.3 Å². The molecule has 0 spiro atoms. The van der Waals surface area contributed by atoms with Gasteiger partial charge in [0.1, 0.15) is 0 Å². The minimum absolute atomic E-state index is 0.207. The predicted octanol–water partition coefficient (Wildman–Crippen LogP) is 1.61. The Balaban J connectivity index is 1.85. The number of carbonyl (C=O) groups is 1. The van der Waals surface area contributed by atoms with Crippen LogP contribution in [0, 0.1) is 0 Å². The second-order valence-electron chi connectivity index (χ2n) is 5.14. The van der Waals surface area contributed by atoms with E-state index in [0.717, 1.165) is 25.5 Å². The summed E-state index contributed by atoms with van der Waals surface area (Å²) in [5.74, 6) is 1.20. The lowest BCUT2D eigenvalue weighted by Gasteiger charge is -2.21. The summed E-state index contributed by atoms with van der Waals surface area (Å²) in [6, 6.07) is 10.6. The van der Waals surface area contributed by atoms with Gasteiger partial charge < -0.3 is 15.0 Å². The number of nitrogens with zero attached hydrogens (tertiary/aromatic N) is 2. The highest BCUT2D eigenvalue weighted by atomic mass is 16.5. The predicted molar refractivity (Wildman–Crippen MR) is 83.4 cm³/mol. The average Bonchev–Trinajstić information content (AvgIpc) is 3.02. The fourth-order valence-corrected chi connectivity index (χ4v) is 2.66. The van der Waals surface area contributed by atoms with Gasteiger partial charge in [-0.1, -0.05) is 30.3 Å². The number of carbonyl (C=O) groups excluding carboxylic acids is 1. The van der Waals surface area contributed by atoms with Crippen LogP contribution in [-0.4, -0.2) is 50.6 Å². The summed E-state index contributed by atoms with van der Waals surface area (Å²) in [5.41, 5.74) is 1.38. The van der Waals surface area contributed by atoms with E-state index in [1.165, 1.54) is 12.7 Å². The van der Waals surface area contributed by atoms with Gasteiger partial charge in [0.2, 0.25) is 0 Å². The molecule has 21 heavy (non-hydrogen) atoms. The largest absolute Gasteiger partial charge is 0.469 e. The highest BCUT2D eigenvalue weighted by Gasteiger charge is 2.25. The zero-order valence-corrected chi connectivity index (χ0v) is 12.7. The van der Waals surface area contributed by atoms with Crippen LogP contribution in [-0.2, 0) is 9.53 Å². The van der Waals surface area contributed by atoms with Crippen LogP contribution >= 0.6 is 0 Å². The second kappa shape index (κ2) is 7.67. The number of hydrogen-bond donors (Lipinski definition) is 1. The monoisotopic (exact) mass is 289 g/mol. The van der Waals surface area contributed by atoms with Crippen molar-refractivity contribution >= 4 is 11.9 Å². The molecule has 0 aliphatic carbocycles. The quantitative estimate of drug-likeness (QED) is 0.520. The molecular weight excluding hydrogens is 266 g/mol. The summed E-state index contributed by atoms with van der Waals surface area (Å²) < 4.78 is 4.63. The Morgan fingerprint density at radius 2 is 2.19 bits per heavy atom. The molecule has 1 heterocycles. The molecule has 0 aromatic heterocycles. The van der Waals surface area contributed by atoms with E-state index >= 15 is 0 Å². The molecule has 1 aromatic rings. The Labute approximate surface area is 126 Å². The number of rotatable bonds is 4. The number of nitrogens with one attached hydrogen (secondary N) is 1. The number of hydrogen-bond acceptors (Lipinski definition) is 3. The maximum absolute atomic E-state index is 11.1. The van der Waals surface area contributed by atoms with Crippen molar-refractivity contribution in [2.75, 3.05) is 33.8 Å². The molecule has 5 heteroatoms. The van der Waals surface area contributed by atoms with Gasteiger partial charge in [0, 0.05) is 32.6 Å². The first-order chi connectivity index (χ1) is 10.2. The molecular formula is C16H23N3O2. The van der Waals surface area contributed by atoms with Gasteiger partial charge in [0.25, 0.3) is 0 Å². The molecule has 0 radical (unpaired) electrons. The molecule has 114 valence electrons. The zero-order valence-electron chi connectivity index (χ0n) is 12.7. The molecule has 1 fully saturated rings. The van der Waals surface area contributed by atoms with Crippen LogP contribution in [0.25, 0.3) is 0 Å². The molecule has 1 aliphatic rings. The van der Waals surface area contributed by atoms with Crippen molar-refractivity contribution < 1.29 is 9.53 Å². The van der Waals surface area contributed by atoms with Crippen molar-refractivity contribution in [2.24, 2.45) is 4.99 Å². The van der Waals surface area contributed by atoms with Crippen LogP contribution < -0.4 is 5.32 Å². The smallest absolute Gasteiger partial charge is 0.307 e. The molecule has 2 rings (SSSR count). The lowest BCUT2D eigenvalue weighted by molar-refractivity contribution is -0.140. The first-order valence-corrected chi connectivity index (χ1v) is 7.32. The summed E-state index contributed by atoms with van der Waals surface area (Å²) in [6.07, 6.45) is 1.48. The molecule has 1 unspecified atom stereocenters. The molecule has 1 N–H and O–H groups in total. The average molecular weight is 289 g/mol. The maximum Gasteiger partial charge on any atom is 0.307 e. The maximum atomic E-state index is 11.1. The van der Waals surface area contributed by atoms with Crippen molar-refractivity contribution in [1.29, 1.82) is 0 Å². The van der Waals surface area contributed by atoms with Crippen molar-refractivity contribution in [2.45, 2.75) is 18.8 Å². The Bertz CT molecular complexity index is 488. The number of guanidine groups is 1. The van der Waals surface area contributed by atoms with E-state index in [0.29, 0.717) is 18.9 Å². The van der Waals surface area contributed by atoms with Crippen molar-refractivity contribution in [3.8, 4) is 0 Å². The fraction of sp³-hybridized carbons (Fsp3) is 0.500.